The number of primary amides is 2. The molecule has 1 heterocycles. The SMILES string of the molecule is CC(C)c1nc(COC(N)=O)n(CCOC(N)=O)c1Sc1cc(F)cc(F)c1. The average molecular weight is 414 g/mol. The molecule has 11 heteroatoms. The number of ether oxygens (including phenoxy) is 2. The van der Waals surface area contributed by atoms with Crippen LogP contribution in [0.3, 0.4) is 0 Å². The van der Waals surface area contributed by atoms with Crippen molar-refractivity contribution in [3.63, 3.8) is 0 Å². The third kappa shape index (κ3) is 5.84. The summed E-state index contributed by atoms with van der Waals surface area (Å²) in [5.41, 5.74) is 10.6. The van der Waals surface area contributed by atoms with Crippen LogP contribution in [0.25, 0.3) is 0 Å². The molecule has 2 aromatic rings. The number of nitrogens with two attached hydrogens (primary N) is 2. The summed E-state index contributed by atoms with van der Waals surface area (Å²) in [4.78, 5) is 26.6. The molecule has 0 aliphatic carbocycles. The summed E-state index contributed by atoms with van der Waals surface area (Å²) in [5.74, 6) is -1.13. The summed E-state index contributed by atoms with van der Waals surface area (Å²) in [7, 11) is 0. The highest BCUT2D eigenvalue weighted by molar-refractivity contribution is 7.99. The molecule has 0 aliphatic rings. The highest BCUT2D eigenvalue weighted by Crippen LogP contribution is 2.35. The largest absolute Gasteiger partial charge is 0.448 e. The van der Waals surface area contributed by atoms with Crippen molar-refractivity contribution in [1.82, 2.24) is 9.55 Å². The Balaban J connectivity index is 2.45. The first kappa shape index (κ1) is 21.5. The maximum atomic E-state index is 13.6. The quantitative estimate of drug-likeness (QED) is 0.684. The van der Waals surface area contributed by atoms with E-state index >= 15 is 0 Å². The van der Waals surface area contributed by atoms with E-state index < -0.39 is 23.8 Å². The van der Waals surface area contributed by atoms with Crippen molar-refractivity contribution < 1.29 is 27.8 Å². The van der Waals surface area contributed by atoms with Gasteiger partial charge in [-0.1, -0.05) is 25.6 Å². The van der Waals surface area contributed by atoms with Gasteiger partial charge in [0.1, 0.15) is 29.1 Å². The lowest BCUT2D eigenvalue weighted by Crippen LogP contribution is -2.19. The number of nitrogens with zero attached hydrogens (tertiary/aromatic N) is 2. The zero-order valence-electron chi connectivity index (χ0n) is 15.3. The lowest BCUT2D eigenvalue weighted by Gasteiger charge is -2.13. The molecule has 2 amide bonds. The second-order valence-corrected chi connectivity index (χ2v) is 7.07. The van der Waals surface area contributed by atoms with Crippen LogP contribution in [0.15, 0.2) is 28.1 Å². The molecule has 0 radical (unpaired) electrons. The molecule has 0 spiro atoms. The Labute approximate surface area is 164 Å². The molecule has 1 aromatic carbocycles. The third-order valence-electron chi connectivity index (χ3n) is 3.53. The number of hydrogen-bond donors (Lipinski definition) is 2. The normalized spacial score (nSPS) is 10.9. The second-order valence-electron chi connectivity index (χ2n) is 6.01. The van der Waals surface area contributed by atoms with E-state index in [2.05, 4.69) is 4.98 Å². The van der Waals surface area contributed by atoms with Crippen molar-refractivity contribution in [1.29, 1.82) is 0 Å². The first-order valence-electron chi connectivity index (χ1n) is 8.25. The van der Waals surface area contributed by atoms with Gasteiger partial charge >= 0.3 is 12.2 Å². The van der Waals surface area contributed by atoms with Gasteiger partial charge in [-0.3, -0.25) is 0 Å². The van der Waals surface area contributed by atoms with Gasteiger partial charge in [0.15, 0.2) is 6.61 Å². The van der Waals surface area contributed by atoms with Crippen molar-refractivity contribution in [3.8, 4) is 0 Å². The first-order valence-corrected chi connectivity index (χ1v) is 9.06. The average Bonchev–Trinajstić information content (AvgIpc) is 2.90. The molecule has 1 aromatic heterocycles. The second kappa shape index (κ2) is 9.40. The maximum Gasteiger partial charge on any atom is 0.404 e. The lowest BCUT2D eigenvalue weighted by atomic mass is 10.1. The van der Waals surface area contributed by atoms with Crippen LogP contribution in [0.1, 0.15) is 31.3 Å². The minimum absolute atomic E-state index is 0.0495. The van der Waals surface area contributed by atoms with Crippen LogP contribution in [-0.4, -0.2) is 28.3 Å². The number of amides is 2. The molecule has 0 saturated heterocycles. The van der Waals surface area contributed by atoms with Gasteiger partial charge in [-0.15, -0.1) is 0 Å². The summed E-state index contributed by atoms with van der Waals surface area (Å²) in [6, 6.07) is 3.15. The zero-order chi connectivity index (χ0) is 20.8. The van der Waals surface area contributed by atoms with Crippen molar-refractivity contribution in [3.05, 3.63) is 41.4 Å². The smallest absolute Gasteiger partial charge is 0.404 e. The molecule has 28 heavy (non-hydrogen) atoms. The fourth-order valence-electron chi connectivity index (χ4n) is 2.40. The number of imidazole rings is 1. The molecule has 0 fully saturated rings. The molecule has 0 aliphatic heterocycles. The minimum Gasteiger partial charge on any atom is -0.448 e. The van der Waals surface area contributed by atoms with E-state index in [1.807, 2.05) is 13.8 Å². The van der Waals surface area contributed by atoms with Crippen molar-refractivity contribution >= 4 is 23.9 Å². The van der Waals surface area contributed by atoms with Crippen molar-refractivity contribution in [2.24, 2.45) is 11.5 Å². The standard InChI is InChI=1S/C17H20F2N4O4S/c1-9(2)14-15(28-12-6-10(18)5-11(19)7-12)23(3-4-26-16(20)24)13(22-14)8-27-17(21)25/h5-7,9H,3-4,8H2,1-2H3,(H2,20,24)(H2,21,25). The fourth-order valence-corrected chi connectivity index (χ4v) is 3.66. The Hall–Kier alpha value is -2.82. The van der Waals surface area contributed by atoms with Crippen molar-refractivity contribution in [2.45, 2.75) is 42.8 Å². The number of rotatable bonds is 8. The number of halogens is 2. The molecule has 2 rings (SSSR count). The highest BCUT2D eigenvalue weighted by atomic mass is 32.2. The summed E-state index contributed by atoms with van der Waals surface area (Å²) >= 11 is 1.09. The first-order chi connectivity index (χ1) is 13.2. The highest BCUT2D eigenvalue weighted by Gasteiger charge is 2.22. The van der Waals surface area contributed by atoms with E-state index in [1.54, 1.807) is 4.57 Å². The molecular formula is C17H20F2N4O4S. The van der Waals surface area contributed by atoms with Gasteiger partial charge in [0.2, 0.25) is 0 Å². The Morgan fingerprint density at radius 1 is 1.14 bits per heavy atom. The fraction of sp³-hybridized carbons (Fsp3) is 0.353. The molecule has 0 unspecified atom stereocenters. The summed E-state index contributed by atoms with van der Waals surface area (Å²) in [5, 5.41) is 0.566. The van der Waals surface area contributed by atoms with Crippen LogP contribution in [0.4, 0.5) is 18.4 Å². The van der Waals surface area contributed by atoms with Crippen LogP contribution >= 0.6 is 11.8 Å². The monoisotopic (exact) mass is 414 g/mol. The van der Waals surface area contributed by atoms with Crippen LogP contribution in [0.2, 0.25) is 0 Å². The van der Waals surface area contributed by atoms with Gasteiger partial charge in [0, 0.05) is 11.0 Å². The molecule has 8 nitrogen and oxygen atoms in total. The van der Waals surface area contributed by atoms with E-state index in [0.717, 1.165) is 17.8 Å². The van der Waals surface area contributed by atoms with Crippen LogP contribution in [0, 0.1) is 11.6 Å². The topological polar surface area (TPSA) is 122 Å². The Bertz CT molecular complexity index is 853. The maximum absolute atomic E-state index is 13.6. The predicted octanol–water partition coefficient (Wildman–Crippen LogP) is 3.13. The lowest BCUT2D eigenvalue weighted by molar-refractivity contribution is 0.140. The number of aromatic nitrogens is 2. The van der Waals surface area contributed by atoms with E-state index in [9.17, 15) is 18.4 Å². The predicted molar refractivity (Wildman–Crippen MR) is 96.7 cm³/mol. The third-order valence-corrected chi connectivity index (χ3v) is 4.62. The van der Waals surface area contributed by atoms with E-state index in [0.29, 0.717) is 21.4 Å². The zero-order valence-corrected chi connectivity index (χ0v) is 16.1. The number of benzene rings is 1. The number of carbonyl (C=O) groups excluding carboxylic acids is 2. The Morgan fingerprint density at radius 3 is 2.29 bits per heavy atom. The Morgan fingerprint density at radius 2 is 1.75 bits per heavy atom. The van der Waals surface area contributed by atoms with Crippen LogP contribution in [0.5, 0.6) is 0 Å². The molecule has 152 valence electrons. The van der Waals surface area contributed by atoms with Gasteiger partial charge in [-0.2, -0.15) is 0 Å². The summed E-state index contributed by atoms with van der Waals surface area (Å²) in [6.45, 7) is 3.63. The van der Waals surface area contributed by atoms with Gasteiger partial charge in [-0.05, 0) is 18.1 Å². The van der Waals surface area contributed by atoms with Gasteiger partial charge in [0.25, 0.3) is 0 Å². The van der Waals surface area contributed by atoms with E-state index in [4.69, 9.17) is 20.9 Å². The molecule has 4 N–H and O–H groups in total. The molecular weight excluding hydrogens is 394 g/mol. The molecule has 0 atom stereocenters. The Kier molecular flexibility index (Phi) is 7.21. The van der Waals surface area contributed by atoms with Gasteiger partial charge < -0.3 is 25.5 Å². The van der Waals surface area contributed by atoms with E-state index in [1.165, 1.54) is 12.1 Å². The van der Waals surface area contributed by atoms with Gasteiger partial charge in [-0.25, -0.2) is 23.4 Å². The molecule has 0 bridgehead atoms. The van der Waals surface area contributed by atoms with Crippen LogP contribution < -0.4 is 11.5 Å². The van der Waals surface area contributed by atoms with Crippen LogP contribution in [-0.2, 0) is 22.6 Å². The summed E-state index contributed by atoms with van der Waals surface area (Å²) < 4.78 is 38.4. The number of hydrogen-bond acceptors (Lipinski definition) is 6. The molecule has 0 saturated carbocycles. The van der Waals surface area contributed by atoms with Gasteiger partial charge in [0.05, 0.1) is 12.2 Å². The van der Waals surface area contributed by atoms with Crippen molar-refractivity contribution in [2.75, 3.05) is 6.61 Å². The number of carbonyl (C=O) groups is 2. The minimum atomic E-state index is -0.976. The summed E-state index contributed by atoms with van der Waals surface area (Å²) in [6.07, 6.45) is -1.92. The van der Waals surface area contributed by atoms with E-state index in [-0.39, 0.29) is 25.7 Å².